The predicted octanol–water partition coefficient (Wildman–Crippen LogP) is 4.58. The van der Waals surface area contributed by atoms with Gasteiger partial charge in [0.1, 0.15) is 23.1 Å². The van der Waals surface area contributed by atoms with Crippen LogP contribution in [0.1, 0.15) is 17.2 Å². The summed E-state index contributed by atoms with van der Waals surface area (Å²) in [7, 11) is 0. The highest BCUT2D eigenvalue weighted by atomic mass is 19.1. The summed E-state index contributed by atoms with van der Waals surface area (Å²) >= 11 is 0. The van der Waals surface area contributed by atoms with Gasteiger partial charge in [-0.3, -0.25) is 19.6 Å². The van der Waals surface area contributed by atoms with E-state index in [1.54, 1.807) is 24.4 Å². The third kappa shape index (κ3) is 5.16. The van der Waals surface area contributed by atoms with Crippen molar-refractivity contribution in [1.29, 1.82) is 0 Å². The Morgan fingerprint density at radius 3 is 2.43 bits per heavy atom. The molecule has 2 N–H and O–H groups in total. The Bertz CT molecular complexity index is 1310. The lowest BCUT2D eigenvalue weighted by atomic mass is 10.0. The Morgan fingerprint density at radius 2 is 1.69 bits per heavy atom. The van der Waals surface area contributed by atoms with Crippen molar-refractivity contribution in [3.63, 3.8) is 0 Å². The lowest BCUT2D eigenvalue weighted by Crippen LogP contribution is -2.49. The first kappa shape index (κ1) is 23.0. The van der Waals surface area contributed by atoms with E-state index in [1.807, 2.05) is 48.5 Å². The zero-order valence-corrected chi connectivity index (χ0v) is 19.3. The lowest BCUT2D eigenvalue weighted by molar-refractivity contribution is -0.122. The molecule has 178 valence electrons. The first-order valence-corrected chi connectivity index (χ1v) is 11.7. The van der Waals surface area contributed by atoms with Crippen molar-refractivity contribution >= 4 is 22.5 Å². The van der Waals surface area contributed by atoms with Crippen molar-refractivity contribution < 1.29 is 14.3 Å². The molecule has 6 nitrogen and oxygen atoms in total. The van der Waals surface area contributed by atoms with Crippen LogP contribution in [-0.4, -0.2) is 52.0 Å². The zero-order valence-electron chi connectivity index (χ0n) is 19.3. The first-order valence-electron chi connectivity index (χ1n) is 11.7. The summed E-state index contributed by atoms with van der Waals surface area (Å²) in [5, 5.41) is 14.1. The number of nitrogens with zero attached hydrogens (tertiary/aromatic N) is 3. The summed E-state index contributed by atoms with van der Waals surface area (Å²) in [4.78, 5) is 22.2. The van der Waals surface area contributed by atoms with Gasteiger partial charge in [0.05, 0.1) is 0 Å². The van der Waals surface area contributed by atoms with Crippen molar-refractivity contribution in [2.45, 2.75) is 12.6 Å². The number of aromatic hydroxyl groups is 1. The smallest absolute Gasteiger partial charge is 0.246 e. The molecule has 1 atom stereocenters. The third-order valence-electron chi connectivity index (χ3n) is 6.48. The van der Waals surface area contributed by atoms with Crippen molar-refractivity contribution in [1.82, 2.24) is 14.8 Å². The summed E-state index contributed by atoms with van der Waals surface area (Å²) in [5.41, 5.74) is 3.22. The van der Waals surface area contributed by atoms with Crippen LogP contribution < -0.4 is 5.32 Å². The minimum atomic E-state index is -0.517. The average molecular weight is 471 g/mol. The molecular formula is C28H27FN4O2. The van der Waals surface area contributed by atoms with Gasteiger partial charge in [0.15, 0.2) is 0 Å². The highest BCUT2D eigenvalue weighted by Gasteiger charge is 2.31. The Kier molecular flexibility index (Phi) is 6.70. The maximum Gasteiger partial charge on any atom is 0.246 e. The monoisotopic (exact) mass is 470 g/mol. The van der Waals surface area contributed by atoms with Crippen molar-refractivity contribution in [2.24, 2.45) is 0 Å². The fourth-order valence-corrected chi connectivity index (χ4v) is 4.68. The molecule has 0 radical (unpaired) electrons. The number of benzene rings is 3. The Hall–Kier alpha value is -3.81. The number of para-hydroxylation sites is 1. The molecule has 1 amide bonds. The minimum Gasteiger partial charge on any atom is -0.506 e. The standard InChI is InChI=1S/C28H27FN4O2/c29-22-11-8-20(9-12-22)27(28(35)31-23-5-2-1-3-6-23)33-17-15-32(16-18-33)19-21-10-13-25(34)26-24(21)7-4-14-30-26/h1-14,27,34H,15-19H2,(H,31,35). The van der Waals surface area contributed by atoms with Crippen LogP contribution in [0, 0.1) is 5.82 Å². The van der Waals surface area contributed by atoms with Crippen LogP contribution in [-0.2, 0) is 11.3 Å². The summed E-state index contributed by atoms with van der Waals surface area (Å²) in [6.07, 6.45) is 1.68. The van der Waals surface area contributed by atoms with Gasteiger partial charge in [0, 0.05) is 50.0 Å². The molecule has 3 aromatic carbocycles. The predicted molar refractivity (Wildman–Crippen MR) is 134 cm³/mol. The maximum atomic E-state index is 13.6. The number of amides is 1. The SMILES string of the molecule is O=C(Nc1ccccc1)C(c1ccc(F)cc1)N1CCN(Cc2ccc(O)c3ncccc23)CC1. The number of carbonyl (C=O) groups is 1. The summed E-state index contributed by atoms with van der Waals surface area (Å²) in [6, 6.07) is 22.5. The molecule has 5 rings (SSSR count). The van der Waals surface area contributed by atoms with Crippen LogP contribution in [0.25, 0.3) is 10.9 Å². The van der Waals surface area contributed by atoms with Gasteiger partial charge in [-0.05, 0) is 47.5 Å². The van der Waals surface area contributed by atoms with Gasteiger partial charge in [-0.1, -0.05) is 42.5 Å². The van der Waals surface area contributed by atoms with E-state index in [-0.39, 0.29) is 17.5 Å². The zero-order chi connectivity index (χ0) is 24.2. The lowest BCUT2D eigenvalue weighted by Gasteiger charge is -2.39. The molecule has 1 aromatic heterocycles. The Balaban J connectivity index is 1.31. The van der Waals surface area contributed by atoms with Crippen molar-refractivity contribution in [3.8, 4) is 5.75 Å². The fraction of sp³-hybridized carbons (Fsp3) is 0.214. The van der Waals surface area contributed by atoms with Gasteiger partial charge >= 0.3 is 0 Å². The first-order chi connectivity index (χ1) is 17.1. The van der Waals surface area contributed by atoms with Gasteiger partial charge < -0.3 is 10.4 Å². The number of phenols is 1. The molecule has 0 spiro atoms. The van der Waals surface area contributed by atoms with E-state index >= 15 is 0 Å². The summed E-state index contributed by atoms with van der Waals surface area (Å²) in [6.45, 7) is 3.67. The van der Waals surface area contributed by atoms with Crippen LogP contribution in [0.5, 0.6) is 5.75 Å². The normalized spacial score (nSPS) is 15.7. The number of piperazine rings is 1. The number of pyridine rings is 1. The molecule has 0 saturated carbocycles. The highest BCUT2D eigenvalue weighted by Crippen LogP contribution is 2.28. The Morgan fingerprint density at radius 1 is 0.943 bits per heavy atom. The van der Waals surface area contributed by atoms with Gasteiger partial charge in [0.25, 0.3) is 0 Å². The molecule has 4 aromatic rings. The number of hydrogen-bond acceptors (Lipinski definition) is 5. The van der Waals surface area contributed by atoms with Crippen LogP contribution in [0.15, 0.2) is 85.1 Å². The molecule has 35 heavy (non-hydrogen) atoms. The number of nitrogens with one attached hydrogen (secondary N) is 1. The molecule has 0 aliphatic carbocycles. The molecule has 1 fully saturated rings. The van der Waals surface area contributed by atoms with E-state index in [0.29, 0.717) is 18.6 Å². The van der Waals surface area contributed by atoms with Gasteiger partial charge in [-0.25, -0.2) is 4.39 Å². The largest absolute Gasteiger partial charge is 0.506 e. The third-order valence-corrected chi connectivity index (χ3v) is 6.48. The number of hydrogen-bond donors (Lipinski definition) is 2. The molecule has 1 unspecified atom stereocenters. The number of phenolic OH excluding ortho intramolecular Hbond substituents is 1. The van der Waals surface area contributed by atoms with Gasteiger partial charge in [0.2, 0.25) is 5.91 Å². The Labute approximate surface area is 203 Å². The van der Waals surface area contributed by atoms with Crippen molar-refractivity contribution in [3.05, 3.63) is 102 Å². The molecular weight excluding hydrogens is 443 g/mol. The number of fused-ring (bicyclic) bond motifs is 1. The molecule has 1 aliphatic heterocycles. The van der Waals surface area contributed by atoms with Crippen LogP contribution in [0.2, 0.25) is 0 Å². The molecule has 1 saturated heterocycles. The van der Waals surface area contributed by atoms with E-state index in [2.05, 4.69) is 20.1 Å². The minimum absolute atomic E-state index is 0.133. The van der Waals surface area contributed by atoms with E-state index in [0.717, 1.165) is 41.8 Å². The number of aromatic nitrogens is 1. The average Bonchev–Trinajstić information content (AvgIpc) is 2.89. The van der Waals surface area contributed by atoms with E-state index < -0.39 is 6.04 Å². The molecule has 7 heteroatoms. The van der Waals surface area contributed by atoms with Crippen molar-refractivity contribution in [2.75, 3.05) is 31.5 Å². The van der Waals surface area contributed by atoms with Crippen LogP contribution in [0.3, 0.4) is 0 Å². The van der Waals surface area contributed by atoms with Gasteiger partial charge in [-0.15, -0.1) is 0 Å². The van der Waals surface area contributed by atoms with E-state index in [1.165, 1.54) is 12.1 Å². The number of carbonyl (C=O) groups excluding carboxylic acids is 1. The molecule has 1 aliphatic rings. The quantitative estimate of drug-likeness (QED) is 0.432. The molecule has 0 bridgehead atoms. The second kappa shape index (κ2) is 10.2. The fourth-order valence-electron chi connectivity index (χ4n) is 4.68. The van der Waals surface area contributed by atoms with Crippen LogP contribution in [0.4, 0.5) is 10.1 Å². The maximum absolute atomic E-state index is 13.6. The topological polar surface area (TPSA) is 68.7 Å². The number of rotatable bonds is 6. The second-order valence-corrected chi connectivity index (χ2v) is 8.76. The van der Waals surface area contributed by atoms with Gasteiger partial charge in [-0.2, -0.15) is 0 Å². The van der Waals surface area contributed by atoms with E-state index in [9.17, 15) is 14.3 Å². The van der Waals surface area contributed by atoms with Crippen LogP contribution >= 0.6 is 0 Å². The molecule has 2 heterocycles. The summed E-state index contributed by atoms with van der Waals surface area (Å²) in [5.74, 6) is -0.274. The number of anilines is 1. The number of halogens is 1. The second-order valence-electron chi connectivity index (χ2n) is 8.76. The van der Waals surface area contributed by atoms with E-state index in [4.69, 9.17) is 0 Å². The highest BCUT2D eigenvalue weighted by molar-refractivity contribution is 5.95. The summed E-state index contributed by atoms with van der Waals surface area (Å²) < 4.78 is 13.6.